The first-order chi connectivity index (χ1) is 12.3. The lowest BCUT2D eigenvalue weighted by atomic mass is 10.1. The fourth-order valence-corrected chi connectivity index (χ4v) is 3.35. The van der Waals surface area contributed by atoms with Crippen LogP contribution in [0.5, 0.6) is 5.75 Å². The van der Waals surface area contributed by atoms with Gasteiger partial charge >= 0.3 is 0 Å². The summed E-state index contributed by atoms with van der Waals surface area (Å²) in [5, 5.41) is 14.2. The highest BCUT2D eigenvalue weighted by molar-refractivity contribution is 5.83. The molecule has 1 aliphatic heterocycles. The standard InChI is InChI=1S/C19H17N5O/c25-17-11(18-21-13-6-1-2-7-14(13)22-18)4-3-5-12(17)19-23-15-8-9-20-10-16(15)24-19/h1-7,20,25H,8-10H2,(H,21,22)(H,23,24). The lowest BCUT2D eigenvalue weighted by Crippen LogP contribution is -2.23. The first kappa shape index (κ1) is 14.2. The number of nitrogens with one attached hydrogen (secondary N) is 3. The van der Waals surface area contributed by atoms with Crippen molar-refractivity contribution in [3.05, 3.63) is 53.9 Å². The second kappa shape index (κ2) is 5.46. The minimum atomic E-state index is 0.181. The molecule has 3 heterocycles. The first-order valence-electron chi connectivity index (χ1n) is 8.35. The molecule has 124 valence electrons. The summed E-state index contributed by atoms with van der Waals surface area (Å²) in [4.78, 5) is 15.9. The van der Waals surface area contributed by atoms with Gasteiger partial charge in [-0.25, -0.2) is 9.97 Å². The number of rotatable bonds is 2. The van der Waals surface area contributed by atoms with Gasteiger partial charge in [-0.3, -0.25) is 0 Å². The van der Waals surface area contributed by atoms with Crippen molar-refractivity contribution in [3.63, 3.8) is 0 Å². The maximum Gasteiger partial charge on any atom is 0.142 e. The van der Waals surface area contributed by atoms with E-state index in [0.29, 0.717) is 22.8 Å². The Hall–Kier alpha value is -3.12. The smallest absolute Gasteiger partial charge is 0.142 e. The molecular formula is C19H17N5O. The average Bonchev–Trinajstić information content (AvgIpc) is 3.25. The predicted octanol–water partition coefficient (Wildman–Crippen LogP) is 2.97. The zero-order valence-corrected chi connectivity index (χ0v) is 13.5. The quantitative estimate of drug-likeness (QED) is 0.455. The van der Waals surface area contributed by atoms with Gasteiger partial charge in [0.05, 0.1) is 33.5 Å². The van der Waals surface area contributed by atoms with Crippen LogP contribution >= 0.6 is 0 Å². The molecule has 0 fully saturated rings. The Labute approximate surface area is 144 Å². The third kappa shape index (κ3) is 2.30. The molecule has 4 N–H and O–H groups in total. The largest absolute Gasteiger partial charge is 0.506 e. The van der Waals surface area contributed by atoms with E-state index in [1.165, 1.54) is 0 Å². The van der Waals surface area contributed by atoms with Gasteiger partial charge in [-0.1, -0.05) is 18.2 Å². The number of phenolic OH excluding ortho intramolecular Hbond substituents is 1. The number of para-hydroxylation sites is 3. The van der Waals surface area contributed by atoms with E-state index >= 15 is 0 Å². The molecule has 0 saturated heterocycles. The molecule has 5 rings (SSSR count). The third-order valence-electron chi connectivity index (χ3n) is 4.64. The Balaban J connectivity index is 1.63. The van der Waals surface area contributed by atoms with E-state index in [2.05, 4.69) is 25.3 Å². The van der Waals surface area contributed by atoms with Crippen molar-refractivity contribution < 1.29 is 5.11 Å². The SMILES string of the molecule is Oc1c(-c2nc3c([nH]2)CNCC3)cccc1-c1nc2ccccc2[nH]1. The van der Waals surface area contributed by atoms with E-state index in [9.17, 15) is 5.11 Å². The number of hydrogen-bond donors (Lipinski definition) is 4. The van der Waals surface area contributed by atoms with Crippen LogP contribution in [0.25, 0.3) is 33.8 Å². The molecule has 2 aromatic carbocycles. The lowest BCUT2D eigenvalue weighted by Gasteiger charge is -2.09. The molecular weight excluding hydrogens is 314 g/mol. The maximum absolute atomic E-state index is 10.8. The van der Waals surface area contributed by atoms with Crippen molar-refractivity contribution in [2.45, 2.75) is 13.0 Å². The van der Waals surface area contributed by atoms with Crippen LogP contribution in [0, 0.1) is 0 Å². The van der Waals surface area contributed by atoms with Gasteiger partial charge in [-0.15, -0.1) is 0 Å². The van der Waals surface area contributed by atoms with Crippen molar-refractivity contribution in [2.75, 3.05) is 6.54 Å². The maximum atomic E-state index is 10.8. The number of aromatic amines is 2. The summed E-state index contributed by atoms with van der Waals surface area (Å²) in [5.74, 6) is 1.53. The van der Waals surface area contributed by atoms with Crippen LogP contribution in [-0.4, -0.2) is 31.6 Å². The Kier molecular flexibility index (Phi) is 3.11. The van der Waals surface area contributed by atoms with Gasteiger partial charge in [0.15, 0.2) is 0 Å². The second-order valence-corrected chi connectivity index (χ2v) is 6.24. The zero-order chi connectivity index (χ0) is 16.8. The number of imidazole rings is 2. The molecule has 0 saturated carbocycles. The molecule has 25 heavy (non-hydrogen) atoms. The van der Waals surface area contributed by atoms with Gasteiger partial charge in [0, 0.05) is 19.5 Å². The van der Waals surface area contributed by atoms with Gasteiger partial charge in [-0.05, 0) is 24.3 Å². The van der Waals surface area contributed by atoms with Crippen molar-refractivity contribution in [1.82, 2.24) is 25.3 Å². The summed E-state index contributed by atoms with van der Waals surface area (Å²) in [6.07, 6.45) is 0.899. The van der Waals surface area contributed by atoms with E-state index < -0.39 is 0 Å². The Morgan fingerprint density at radius 3 is 2.48 bits per heavy atom. The molecule has 0 amide bonds. The average molecular weight is 331 g/mol. The summed E-state index contributed by atoms with van der Waals surface area (Å²) in [6.45, 7) is 1.72. The van der Waals surface area contributed by atoms with Crippen LogP contribution in [0.4, 0.5) is 0 Å². The highest BCUT2D eigenvalue weighted by Gasteiger charge is 2.19. The van der Waals surface area contributed by atoms with Gasteiger partial charge in [0.1, 0.15) is 17.4 Å². The van der Waals surface area contributed by atoms with Gasteiger partial charge in [0.25, 0.3) is 0 Å². The Morgan fingerprint density at radius 2 is 1.68 bits per heavy atom. The number of hydrogen-bond acceptors (Lipinski definition) is 4. The zero-order valence-electron chi connectivity index (χ0n) is 13.5. The third-order valence-corrected chi connectivity index (χ3v) is 4.64. The van der Waals surface area contributed by atoms with Crippen LogP contribution in [0.1, 0.15) is 11.4 Å². The normalized spacial score (nSPS) is 13.9. The summed E-state index contributed by atoms with van der Waals surface area (Å²) in [5.41, 5.74) is 5.34. The van der Waals surface area contributed by atoms with Crippen LogP contribution in [0.2, 0.25) is 0 Å². The lowest BCUT2D eigenvalue weighted by molar-refractivity contribution is 0.478. The fraction of sp³-hybridized carbons (Fsp3) is 0.158. The summed E-state index contributed by atoms with van der Waals surface area (Å²) < 4.78 is 0. The molecule has 6 heteroatoms. The number of phenols is 1. The molecule has 2 aromatic heterocycles. The second-order valence-electron chi connectivity index (χ2n) is 6.24. The minimum Gasteiger partial charge on any atom is -0.506 e. The highest BCUT2D eigenvalue weighted by atomic mass is 16.3. The van der Waals surface area contributed by atoms with E-state index in [-0.39, 0.29) is 5.75 Å². The molecule has 1 aliphatic rings. The number of H-pyrrole nitrogens is 2. The van der Waals surface area contributed by atoms with Crippen molar-refractivity contribution in [2.24, 2.45) is 0 Å². The van der Waals surface area contributed by atoms with E-state index in [0.717, 1.165) is 41.9 Å². The summed E-state index contributed by atoms with van der Waals surface area (Å²) in [6, 6.07) is 13.5. The van der Waals surface area contributed by atoms with E-state index in [4.69, 9.17) is 0 Å². The van der Waals surface area contributed by atoms with Crippen LogP contribution in [0.3, 0.4) is 0 Å². The molecule has 0 atom stereocenters. The van der Waals surface area contributed by atoms with Crippen molar-refractivity contribution in [1.29, 1.82) is 0 Å². The number of aromatic hydroxyl groups is 1. The van der Waals surface area contributed by atoms with Gasteiger partial charge in [0.2, 0.25) is 0 Å². The molecule has 0 bridgehead atoms. The predicted molar refractivity (Wildman–Crippen MR) is 96.2 cm³/mol. The highest BCUT2D eigenvalue weighted by Crippen LogP contribution is 2.36. The Bertz CT molecular complexity index is 1020. The molecule has 0 spiro atoms. The Morgan fingerprint density at radius 1 is 0.880 bits per heavy atom. The first-order valence-corrected chi connectivity index (χ1v) is 8.35. The number of nitrogens with zero attached hydrogens (tertiary/aromatic N) is 2. The van der Waals surface area contributed by atoms with Crippen LogP contribution in [-0.2, 0) is 13.0 Å². The topological polar surface area (TPSA) is 89.6 Å². The van der Waals surface area contributed by atoms with Gasteiger partial charge in [-0.2, -0.15) is 0 Å². The van der Waals surface area contributed by atoms with E-state index in [1.54, 1.807) is 0 Å². The summed E-state index contributed by atoms with van der Waals surface area (Å²) >= 11 is 0. The van der Waals surface area contributed by atoms with Crippen LogP contribution < -0.4 is 5.32 Å². The monoisotopic (exact) mass is 331 g/mol. The molecule has 4 aromatic rings. The molecule has 0 radical (unpaired) electrons. The van der Waals surface area contributed by atoms with E-state index in [1.807, 2.05) is 42.5 Å². The number of aromatic nitrogens is 4. The number of benzene rings is 2. The minimum absolute atomic E-state index is 0.181. The molecule has 0 aliphatic carbocycles. The van der Waals surface area contributed by atoms with Crippen molar-refractivity contribution in [3.8, 4) is 28.5 Å². The molecule has 0 unspecified atom stereocenters. The summed E-state index contributed by atoms with van der Waals surface area (Å²) in [7, 11) is 0. The fourth-order valence-electron chi connectivity index (χ4n) is 3.35. The molecule has 6 nitrogen and oxygen atoms in total. The van der Waals surface area contributed by atoms with Gasteiger partial charge < -0.3 is 20.4 Å². The van der Waals surface area contributed by atoms with Crippen LogP contribution in [0.15, 0.2) is 42.5 Å². The number of fused-ring (bicyclic) bond motifs is 2. The van der Waals surface area contributed by atoms with Crippen molar-refractivity contribution >= 4 is 11.0 Å².